The Morgan fingerprint density at radius 1 is 1.05 bits per heavy atom. The van der Waals surface area contributed by atoms with Crippen LogP contribution in [0.25, 0.3) is 11.0 Å². The lowest BCUT2D eigenvalue weighted by molar-refractivity contribution is 0.646. The maximum absolute atomic E-state index is 4.82. The van der Waals surface area contributed by atoms with Crippen LogP contribution in [-0.4, -0.2) is 9.55 Å². The molecule has 0 aliphatic carbocycles. The summed E-state index contributed by atoms with van der Waals surface area (Å²) in [7, 11) is 0. The molecule has 0 saturated heterocycles. The molecule has 0 amide bonds. The van der Waals surface area contributed by atoms with Crippen molar-refractivity contribution in [1.82, 2.24) is 9.55 Å². The third-order valence-electron chi connectivity index (χ3n) is 4.10. The third kappa shape index (κ3) is 2.84. The van der Waals surface area contributed by atoms with Crippen molar-refractivity contribution in [2.75, 3.05) is 5.32 Å². The number of aryl methyl sites for hydroxylation is 3. The highest BCUT2D eigenvalue weighted by atomic mass is 15.1. The van der Waals surface area contributed by atoms with Crippen molar-refractivity contribution in [2.24, 2.45) is 0 Å². The van der Waals surface area contributed by atoms with Crippen LogP contribution in [0, 0.1) is 13.8 Å². The van der Waals surface area contributed by atoms with E-state index in [1.807, 2.05) is 0 Å². The number of aromatic nitrogens is 2. The van der Waals surface area contributed by atoms with Crippen LogP contribution >= 0.6 is 0 Å². The van der Waals surface area contributed by atoms with Crippen LogP contribution in [0.15, 0.2) is 42.6 Å². The average Bonchev–Trinajstić information content (AvgIpc) is 2.91. The Morgan fingerprint density at radius 2 is 1.82 bits per heavy atom. The van der Waals surface area contributed by atoms with E-state index in [0.29, 0.717) is 0 Å². The van der Waals surface area contributed by atoms with Crippen molar-refractivity contribution < 1.29 is 0 Å². The number of rotatable bonds is 5. The van der Waals surface area contributed by atoms with Gasteiger partial charge in [0.25, 0.3) is 0 Å². The normalized spacial score (nSPS) is 11.0. The van der Waals surface area contributed by atoms with Gasteiger partial charge in [-0.15, -0.1) is 0 Å². The summed E-state index contributed by atoms with van der Waals surface area (Å²) in [6.45, 7) is 7.49. The lowest BCUT2D eigenvalue weighted by Crippen LogP contribution is -2.01. The van der Waals surface area contributed by atoms with E-state index in [2.05, 4.69) is 73.3 Å². The summed E-state index contributed by atoms with van der Waals surface area (Å²) in [5, 5.41) is 4.68. The summed E-state index contributed by atoms with van der Waals surface area (Å²) in [6.07, 6.45) is 4.51. The molecule has 0 unspecified atom stereocenters. The molecule has 22 heavy (non-hydrogen) atoms. The minimum absolute atomic E-state index is 0.904. The van der Waals surface area contributed by atoms with Crippen molar-refractivity contribution in [3.63, 3.8) is 0 Å². The van der Waals surface area contributed by atoms with Crippen LogP contribution in [0.5, 0.6) is 0 Å². The zero-order valence-electron chi connectivity index (χ0n) is 13.6. The zero-order valence-corrected chi connectivity index (χ0v) is 13.6. The van der Waals surface area contributed by atoms with Crippen molar-refractivity contribution in [2.45, 2.75) is 40.2 Å². The molecule has 2 aromatic heterocycles. The summed E-state index contributed by atoms with van der Waals surface area (Å²) < 4.78 is 2.24. The zero-order chi connectivity index (χ0) is 15.5. The van der Waals surface area contributed by atoms with Crippen molar-refractivity contribution in [3.8, 4) is 0 Å². The first-order chi connectivity index (χ1) is 10.7. The average molecular weight is 293 g/mol. The third-order valence-corrected chi connectivity index (χ3v) is 4.10. The van der Waals surface area contributed by atoms with E-state index in [-0.39, 0.29) is 0 Å². The minimum atomic E-state index is 0.904. The number of anilines is 2. The van der Waals surface area contributed by atoms with Crippen molar-refractivity contribution in [1.29, 1.82) is 0 Å². The molecule has 3 heteroatoms. The number of nitrogens with one attached hydrogen (secondary N) is 1. The summed E-state index contributed by atoms with van der Waals surface area (Å²) in [5.74, 6) is 0.904. The lowest BCUT2D eigenvalue weighted by Gasteiger charge is -2.12. The van der Waals surface area contributed by atoms with Gasteiger partial charge in [-0.2, -0.15) is 0 Å². The van der Waals surface area contributed by atoms with E-state index in [9.17, 15) is 0 Å². The van der Waals surface area contributed by atoms with Gasteiger partial charge in [0.2, 0.25) is 0 Å². The van der Waals surface area contributed by atoms with Gasteiger partial charge < -0.3 is 9.88 Å². The molecule has 0 fully saturated rings. The highest BCUT2D eigenvalue weighted by Gasteiger charge is 2.06. The Bertz CT molecular complexity index is 766. The fourth-order valence-electron chi connectivity index (χ4n) is 2.78. The second kappa shape index (κ2) is 6.22. The van der Waals surface area contributed by atoms with Crippen LogP contribution in [0.3, 0.4) is 0 Å². The van der Waals surface area contributed by atoms with Crippen LogP contribution in [0.2, 0.25) is 0 Å². The number of nitrogens with zero attached hydrogens (tertiary/aromatic N) is 2. The van der Waals surface area contributed by atoms with Crippen LogP contribution < -0.4 is 5.32 Å². The molecule has 0 saturated carbocycles. The molecule has 1 aromatic carbocycles. The number of hydrogen-bond acceptors (Lipinski definition) is 2. The predicted octanol–water partition coefficient (Wildman–Crippen LogP) is 5.20. The molecule has 3 rings (SSSR count). The summed E-state index contributed by atoms with van der Waals surface area (Å²) in [6, 6.07) is 12.7. The SMILES string of the molecule is CCCCn1ccc2ccc(Nc3c(C)cccc3C)nc21. The smallest absolute Gasteiger partial charge is 0.142 e. The first kappa shape index (κ1) is 14.6. The number of pyridine rings is 1. The standard InChI is InChI=1S/C19H23N3/c1-4-5-12-22-13-11-16-9-10-17(21-19(16)22)20-18-14(2)7-6-8-15(18)3/h6-11,13H,4-5,12H2,1-3H3,(H,20,21). The molecule has 0 spiro atoms. The van der Waals surface area contributed by atoms with Gasteiger partial charge in [-0.25, -0.2) is 4.98 Å². The number of unbranched alkanes of at least 4 members (excludes halogenated alkanes) is 1. The largest absolute Gasteiger partial charge is 0.340 e. The second-order valence-corrected chi connectivity index (χ2v) is 5.86. The summed E-state index contributed by atoms with van der Waals surface area (Å²) in [4.78, 5) is 4.82. The van der Waals surface area contributed by atoms with Gasteiger partial charge >= 0.3 is 0 Å². The highest BCUT2D eigenvalue weighted by molar-refractivity contribution is 5.79. The maximum Gasteiger partial charge on any atom is 0.142 e. The second-order valence-electron chi connectivity index (χ2n) is 5.86. The van der Waals surface area contributed by atoms with Crippen molar-refractivity contribution >= 4 is 22.5 Å². The highest BCUT2D eigenvalue weighted by Crippen LogP contribution is 2.25. The Balaban J connectivity index is 1.94. The Morgan fingerprint density at radius 3 is 2.55 bits per heavy atom. The molecule has 0 radical (unpaired) electrons. The molecule has 2 heterocycles. The monoisotopic (exact) mass is 293 g/mol. The lowest BCUT2D eigenvalue weighted by atomic mass is 10.1. The molecular weight excluding hydrogens is 270 g/mol. The molecule has 3 aromatic rings. The van der Waals surface area contributed by atoms with Gasteiger partial charge in [0.15, 0.2) is 0 Å². The topological polar surface area (TPSA) is 29.9 Å². The number of fused-ring (bicyclic) bond motifs is 1. The van der Waals surface area contributed by atoms with E-state index in [4.69, 9.17) is 4.98 Å². The summed E-state index contributed by atoms with van der Waals surface area (Å²) in [5.41, 5.74) is 4.69. The van der Waals surface area contributed by atoms with E-state index in [0.717, 1.165) is 23.7 Å². The first-order valence-corrected chi connectivity index (χ1v) is 7.98. The molecular formula is C19H23N3. The molecule has 0 aliphatic rings. The quantitative estimate of drug-likeness (QED) is 0.701. The van der Waals surface area contributed by atoms with Crippen LogP contribution in [-0.2, 0) is 6.54 Å². The number of hydrogen-bond donors (Lipinski definition) is 1. The van der Waals surface area contributed by atoms with Gasteiger partial charge in [-0.3, -0.25) is 0 Å². The molecule has 0 atom stereocenters. The Kier molecular flexibility index (Phi) is 4.14. The van der Waals surface area contributed by atoms with E-state index < -0.39 is 0 Å². The molecule has 114 valence electrons. The molecule has 0 bridgehead atoms. The molecule has 0 aliphatic heterocycles. The Labute approximate surface area is 132 Å². The fourth-order valence-corrected chi connectivity index (χ4v) is 2.78. The van der Waals surface area contributed by atoms with Crippen molar-refractivity contribution in [3.05, 3.63) is 53.7 Å². The van der Waals surface area contributed by atoms with Crippen LogP contribution in [0.4, 0.5) is 11.5 Å². The predicted molar refractivity (Wildman–Crippen MR) is 93.8 cm³/mol. The van der Waals surface area contributed by atoms with Gasteiger partial charge in [0.1, 0.15) is 11.5 Å². The fraction of sp³-hybridized carbons (Fsp3) is 0.316. The van der Waals surface area contributed by atoms with Gasteiger partial charge in [0.05, 0.1) is 0 Å². The molecule has 3 nitrogen and oxygen atoms in total. The maximum atomic E-state index is 4.82. The summed E-state index contributed by atoms with van der Waals surface area (Å²) >= 11 is 0. The Hall–Kier alpha value is -2.29. The van der Waals surface area contributed by atoms with Gasteiger partial charge in [-0.05, 0) is 49.6 Å². The van der Waals surface area contributed by atoms with Gasteiger partial charge in [-0.1, -0.05) is 31.5 Å². The van der Waals surface area contributed by atoms with E-state index in [1.54, 1.807) is 0 Å². The molecule has 1 N–H and O–H groups in total. The number of para-hydroxylation sites is 1. The van der Waals surface area contributed by atoms with Crippen LogP contribution in [0.1, 0.15) is 30.9 Å². The number of benzene rings is 1. The first-order valence-electron chi connectivity index (χ1n) is 7.98. The minimum Gasteiger partial charge on any atom is -0.340 e. The van der Waals surface area contributed by atoms with Gasteiger partial charge in [0, 0.05) is 23.8 Å². The van der Waals surface area contributed by atoms with E-state index in [1.165, 1.54) is 29.4 Å². The van der Waals surface area contributed by atoms with E-state index >= 15 is 0 Å².